The second-order valence-corrected chi connectivity index (χ2v) is 4.46. The molecule has 0 aromatic heterocycles. The zero-order chi connectivity index (χ0) is 13.1. The SMILES string of the molecule is Cl.N[C@@H]1CCN(CC(=O)Nc2ccc(F)c(F)c2)C1. The van der Waals surface area contributed by atoms with Crippen molar-refractivity contribution in [3.05, 3.63) is 29.8 Å². The summed E-state index contributed by atoms with van der Waals surface area (Å²) in [5, 5.41) is 2.52. The van der Waals surface area contributed by atoms with Crippen LogP contribution in [-0.4, -0.2) is 36.5 Å². The number of carbonyl (C=O) groups is 1. The number of halogens is 3. The number of nitrogens with zero attached hydrogens (tertiary/aromatic N) is 1. The zero-order valence-electron chi connectivity index (χ0n) is 10.2. The molecule has 4 nitrogen and oxygen atoms in total. The lowest BCUT2D eigenvalue weighted by molar-refractivity contribution is -0.117. The predicted molar refractivity (Wildman–Crippen MR) is 71.3 cm³/mol. The smallest absolute Gasteiger partial charge is 0.238 e. The average molecular weight is 292 g/mol. The predicted octanol–water partition coefficient (Wildman–Crippen LogP) is 1.36. The van der Waals surface area contributed by atoms with Gasteiger partial charge in [0.15, 0.2) is 11.6 Å². The van der Waals surface area contributed by atoms with Crippen LogP contribution in [0, 0.1) is 11.6 Å². The van der Waals surface area contributed by atoms with Gasteiger partial charge in [-0.25, -0.2) is 8.78 Å². The molecule has 19 heavy (non-hydrogen) atoms. The van der Waals surface area contributed by atoms with Gasteiger partial charge in [0.1, 0.15) is 0 Å². The van der Waals surface area contributed by atoms with Crippen LogP contribution in [0.25, 0.3) is 0 Å². The molecule has 0 spiro atoms. The number of rotatable bonds is 3. The summed E-state index contributed by atoms with van der Waals surface area (Å²) in [7, 11) is 0. The molecule has 1 saturated heterocycles. The minimum Gasteiger partial charge on any atom is -0.326 e. The molecule has 1 aliphatic rings. The van der Waals surface area contributed by atoms with Crippen LogP contribution in [0.1, 0.15) is 6.42 Å². The van der Waals surface area contributed by atoms with Gasteiger partial charge in [0, 0.05) is 30.9 Å². The minimum absolute atomic E-state index is 0. The quantitative estimate of drug-likeness (QED) is 0.884. The molecule has 1 aromatic carbocycles. The maximum absolute atomic E-state index is 12.9. The van der Waals surface area contributed by atoms with Crippen LogP contribution in [0.15, 0.2) is 18.2 Å². The van der Waals surface area contributed by atoms with E-state index < -0.39 is 11.6 Å². The van der Waals surface area contributed by atoms with Gasteiger partial charge in [-0.15, -0.1) is 12.4 Å². The van der Waals surface area contributed by atoms with E-state index in [2.05, 4.69) is 5.32 Å². The Balaban J connectivity index is 0.00000180. The Morgan fingerprint density at radius 1 is 1.42 bits per heavy atom. The first kappa shape index (κ1) is 15.8. The van der Waals surface area contributed by atoms with E-state index in [4.69, 9.17) is 5.73 Å². The van der Waals surface area contributed by atoms with Crippen molar-refractivity contribution < 1.29 is 13.6 Å². The summed E-state index contributed by atoms with van der Waals surface area (Å²) in [5.41, 5.74) is 5.98. The van der Waals surface area contributed by atoms with E-state index >= 15 is 0 Å². The summed E-state index contributed by atoms with van der Waals surface area (Å²) in [6.07, 6.45) is 0.873. The number of likely N-dealkylation sites (tertiary alicyclic amines) is 1. The Labute approximate surface area is 116 Å². The maximum Gasteiger partial charge on any atom is 0.238 e. The van der Waals surface area contributed by atoms with E-state index in [1.54, 1.807) is 0 Å². The Morgan fingerprint density at radius 3 is 2.74 bits per heavy atom. The molecule has 0 saturated carbocycles. The van der Waals surface area contributed by atoms with Crippen molar-refractivity contribution >= 4 is 24.0 Å². The molecule has 1 fully saturated rings. The lowest BCUT2D eigenvalue weighted by atomic mass is 10.3. The summed E-state index contributed by atoms with van der Waals surface area (Å²) in [5.74, 6) is -2.16. The van der Waals surface area contributed by atoms with Crippen molar-refractivity contribution in [2.45, 2.75) is 12.5 Å². The van der Waals surface area contributed by atoms with E-state index in [1.165, 1.54) is 6.07 Å². The number of benzene rings is 1. The molecule has 1 heterocycles. The molecule has 0 bridgehead atoms. The lowest BCUT2D eigenvalue weighted by Gasteiger charge is -2.14. The van der Waals surface area contributed by atoms with Crippen molar-refractivity contribution in [3.63, 3.8) is 0 Å². The van der Waals surface area contributed by atoms with E-state index in [-0.39, 0.29) is 36.6 Å². The van der Waals surface area contributed by atoms with E-state index in [1.807, 2.05) is 4.90 Å². The van der Waals surface area contributed by atoms with Crippen molar-refractivity contribution in [1.82, 2.24) is 4.90 Å². The second kappa shape index (κ2) is 6.79. The van der Waals surface area contributed by atoms with Gasteiger partial charge in [-0.05, 0) is 18.6 Å². The number of nitrogens with one attached hydrogen (secondary N) is 1. The average Bonchev–Trinajstić information content (AvgIpc) is 2.69. The summed E-state index contributed by atoms with van der Waals surface area (Å²) < 4.78 is 25.6. The first-order valence-corrected chi connectivity index (χ1v) is 5.77. The highest BCUT2D eigenvalue weighted by molar-refractivity contribution is 5.92. The molecule has 2 rings (SSSR count). The summed E-state index contributed by atoms with van der Waals surface area (Å²) in [4.78, 5) is 13.6. The molecule has 0 unspecified atom stereocenters. The molecule has 0 aliphatic carbocycles. The standard InChI is InChI=1S/C12H15F2N3O.ClH/c13-10-2-1-9(5-11(10)14)16-12(18)7-17-4-3-8(15)6-17;/h1-2,5,8H,3-4,6-7,15H2,(H,16,18);1H/t8-;/m1./s1. The van der Waals surface area contributed by atoms with Crippen molar-refractivity contribution in [2.24, 2.45) is 5.73 Å². The first-order chi connectivity index (χ1) is 8.54. The van der Waals surface area contributed by atoms with Gasteiger partial charge in [-0.3, -0.25) is 9.69 Å². The van der Waals surface area contributed by atoms with Crippen LogP contribution in [-0.2, 0) is 4.79 Å². The monoisotopic (exact) mass is 291 g/mol. The fourth-order valence-corrected chi connectivity index (χ4v) is 1.98. The largest absolute Gasteiger partial charge is 0.326 e. The van der Waals surface area contributed by atoms with E-state index in [0.717, 1.165) is 25.1 Å². The molecule has 106 valence electrons. The molecular weight excluding hydrogens is 276 g/mol. The third kappa shape index (κ3) is 4.41. The van der Waals surface area contributed by atoms with Crippen molar-refractivity contribution in [3.8, 4) is 0 Å². The molecule has 7 heteroatoms. The second-order valence-electron chi connectivity index (χ2n) is 4.46. The highest BCUT2D eigenvalue weighted by atomic mass is 35.5. The van der Waals surface area contributed by atoms with Gasteiger partial charge in [0.25, 0.3) is 0 Å². The molecule has 0 radical (unpaired) electrons. The number of amides is 1. The highest BCUT2D eigenvalue weighted by Crippen LogP contribution is 2.13. The van der Waals surface area contributed by atoms with Gasteiger partial charge in [0.05, 0.1) is 6.54 Å². The number of nitrogens with two attached hydrogens (primary N) is 1. The van der Waals surface area contributed by atoms with Crippen LogP contribution in [0.4, 0.5) is 14.5 Å². The fourth-order valence-electron chi connectivity index (χ4n) is 1.98. The summed E-state index contributed by atoms with van der Waals surface area (Å²) >= 11 is 0. The van der Waals surface area contributed by atoms with Gasteiger partial charge in [0.2, 0.25) is 5.91 Å². The molecule has 1 aromatic rings. The van der Waals surface area contributed by atoms with Gasteiger partial charge in [-0.1, -0.05) is 0 Å². The summed E-state index contributed by atoms with van der Waals surface area (Å²) in [6, 6.07) is 3.38. The molecule has 1 amide bonds. The normalized spacial score (nSPS) is 19.0. The van der Waals surface area contributed by atoms with Gasteiger partial charge in [-0.2, -0.15) is 0 Å². The van der Waals surface area contributed by atoms with Crippen molar-refractivity contribution in [2.75, 3.05) is 25.0 Å². The number of hydrogen-bond donors (Lipinski definition) is 2. The fraction of sp³-hybridized carbons (Fsp3) is 0.417. The van der Waals surface area contributed by atoms with Crippen LogP contribution < -0.4 is 11.1 Å². The van der Waals surface area contributed by atoms with Gasteiger partial charge < -0.3 is 11.1 Å². The van der Waals surface area contributed by atoms with Crippen molar-refractivity contribution in [1.29, 1.82) is 0 Å². The first-order valence-electron chi connectivity index (χ1n) is 5.77. The highest BCUT2D eigenvalue weighted by Gasteiger charge is 2.21. The Morgan fingerprint density at radius 2 is 2.16 bits per heavy atom. The van der Waals surface area contributed by atoms with Crippen LogP contribution in [0.2, 0.25) is 0 Å². The van der Waals surface area contributed by atoms with Crippen LogP contribution in [0.5, 0.6) is 0 Å². The number of carbonyl (C=O) groups excluding carboxylic acids is 1. The maximum atomic E-state index is 12.9. The van der Waals surface area contributed by atoms with E-state index in [0.29, 0.717) is 6.54 Å². The Hall–Kier alpha value is -1.24. The Kier molecular flexibility index (Phi) is 5.65. The molecular formula is C12H16ClF2N3O. The summed E-state index contributed by atoms with van der Waals surface area (Å²) in [6.45, 7) is 1.68. The number of anilines is 1. The minimum atomic E-state index is -0.976. The van der Waals surface area contributed by atoms with E-state index in [9.17, 15) is 13.6 Å². The molecule has 1 atom stereocenters. The van der Waals surface area contributed by atoms with Gasteiger partial charge >= 0.3 is 0 Å². The van der Waals surface area contributed by atoms with Crippen LogP contribution in [0.3, 0.4) is 0 Å². The third-order valence-corrected chi connectivity index (χ3v) is 2.88. The third-order valence-electron chi connectivity index (χ3n) is 2.88. The number of hydrogen-bond acceptors (Lipinski definition) is 3. The zero-order valence-corrected chi connectivity index (χ0v) is 11.1. The topological polar surface area (TPSA) is 58.4 Å². The molecule has 1 aliphatic heterocycles. The van der Waals surface area contributed by atoms with Crippen LogP contribution >= 0.6 is 12.4 Å². The Bertz CT molecular complexity index is 459. The lowest BCUT2D eigenvalue weighted by Crippen LogP contribution is -2.33. The molecule has 3 N–H and O–H groups in total.